The molecule has 1 N–H and O–H groups in total. The summed E-state index contributed by atoms with van der Waals surface area (Å²) in [6.45, 7) is -0.585. The third kappa shape index (κ3) is 4.47. The minimum atomic E-state index is -0.800. The SMILES string of the molecule is COC(=O)c1cc(C#N)c(=O)n(CC(=O)Nc2ccc(Cl)cc2[N+](=O)[O-])c1. The third-order valence-corrected chi connectivity index (χ3v) is 3.61. The summed E-state index contributed by atoms with van der Waals surface area (Å²) in [4.78, 5) is 46.3. The van der Waals surface area contributed by atoms with Gasteiger partial charge in [-0.15, -0.1) is 0 Å². The first kappa shape index (κ1) is 19.6. The summed E-state index contributed by atoms with van der Waals surface area (Å²) < 4.78 is 5.37. The number of benzene rings is 1. The number of nitro groups is 1. The number of amides is 1. The molecular formula is C16H11ClN4O6. The minimum absolute atomic E-state index is 0.0982. The minimum Gasteiger partial charge on any atom is -0.465 e. The zero-order valence-electron chi connectivity index (χ0n) is 13.8. The van der Waals surface area contributed by atoms with Crippen molar-refractivity contribution in [2.45, 2.75) is 6.54 Å². The standard InChI is InChI=1S/C16H11ClN4O6/c1-27-16(24)10-4-9(6-18)15(23)20(7-10)8-14(22)19-12-3-2-11(17)5-13(12)21(25)26/h2-5,7H,8H2,1H3,(H,19,22). The van der Waals surface area contributed by atoms with E-state index in [9.17, 15) is 24.5 Å². The number of halogens is 1. The topological polar surface area (TPSA) is 144 Å². The number of nitrogens with one attached hydrogen (secondary N) is 1. The van der Waals surface area contributed by atoms with Crippen LogP contribution in [0.15, 0.2) is 35.3 Å². The van der Waals surface area contributed by atoms with Gasteiger partial charge in [-0.05, 0) is 18.2 Å². The molecule has 1 heterocycles. The summed E-state index contributed by atoms with van der Waals surface area (Å²) in [6.07, 6.45) is 1.06. The Morgan fingerprint density at radius 2 is 2.11 bits per heavy atom. The van der Waals surface area contributed by atoms with Gasteiger partial charge in [0.15, 0.2) is 0 Å². The number of anilines is 1. The highest BCUT2D eigenvalue weighted by molar-refractivity contribution is 6.31. The molecule has 0 saturated heterocycles. The number of aromatic nitrogens is 1. The van der Waals surface area contributed by atoms with Crippen LogP contribution in [-0.2, 0) is 16.1 Å². The second-order valence-electron chi connectivity index (χ2n) is 5.15. The molecule has 10 nitrogen and oxygen atoms in total. The zero-order valence-corrected chi connectivity index (χ0v) is 14.5. The van der Waals surface area contributed by atoms with Crippen LogP contribution in [-0.4, -0.2) is 28.5 Å². The molecule has 11 heteroatoms. The number of hydrogen-bond acceptors (Lipinski definition) is 7. The van der Waals surface area contributed by atoms with Crippen LogP contribution >= 0.6 is 11.6 Å². The Morgan fingerprint density at radius 1 is 1.41 bits per heavy atom. The van der Waals surface area contributed by atoms with Gasteiger partial charge in [0.1, 0.15) is 23.9 Å². The highest BCUT2D eigenvalue weighted by atomic mass is 35.5. The molecule has 0 fully saturated rings. The highest BCUT2D eigenvalue weighted by Crippen LogP contribution is 2.27. The number of nitro benzene ring substituents is 1. The molecule has 0 radical (unpaired) electrons. The number of pyridine rings is 1. The van der Waals surface area contributed by atoms with Crippen LogP contribution in [0.4, 0.5) is 11.4 Å². The van der Waals surface area contributed by atoms with E-state index in [1.807, 2.05) is 0 Å². The first-order valence-electron chi connectivity index (χ1n) is 7.23. The lowest BCUT2D eigenvalue weighted by Crippen LogP contribution is -2.30. The number of nitrogens with zero attached hydrogens (tertiary/aromatic N) is 3. The number of nitriles is 1. The van der Waals surface area contributed by atoms with Crippen molar-refractivity contribution in [3.05, 3.63) is 67.1 Å². The number of rotatable bonds is 5. The quantitative estimate of drug-likeness (QED) is 0.464. The lowest BCUT2D eigenvalue weighted by atomic mass is 10.2. The van der Waals surface area contributed by atoms with Gasteiger partial charge < -0.3 is 14.6 Å². The monoisotopic (exact) mass is 390 g/mol. The van der Waals surface area contributed by atoms with Gasteiger partial charge in [0, 0.05) is 17.3 Å². The number of hydrogen-bond donors (Lipinski definition) is 1. The zero-order chi connectivity index (χ0) is 20.1. The maximum absolute atomic E-state index is 12.2. The molecular weight excluding hydrogens is 380 g/mol. The smallest absolute Gasteiger partial charge is 0.339 e. The maximum Gasteiger partial charge on any atom is 0.339 e. The molecule has 1 aromatic heterocycles. The summed E-state index contributed by atoms with van der Waals surface area (Å²) in [5.74, 6) is -1.58. The summed E-state index contributed by atoms with van der Waals surface area (Å²) >= 11 is 5.71. The number of carbonyl (C=O) groups excluding carboxylic acids is 2. The first-order valence-corrected chi connectivity index (χ1v) is 7.61. The average molecular weight is 391 g/mol. The molecule has 0 saturated carbocycles. The number of ether oxygens (including phenoxy) is 1. The Bertz CT molecular complexity index is 1040. The fourth-order valence-electron chi connectivity index (χ4n) is 2.17. The van der Waals surface area contributed by atoms with E-state index >= 15 is 0 Å². The van der Waals surface area contributed by atoms with E-state index in [2.05, 4.69) is 10.1 Å². The molecule has 27 heavy (non-hydrogen) atoms. The number of esters is 1. The van der Waals surface area contributed by atoms with Crippen molar-refractivity contribution in [2.75, 3.05) is 12.4 Å². The predicted octanol–water partition coefficient (Wildman–Crippen LogP) is 1.71. The molecule has 1 aromatic carbocycles. The van der Waals surface area contributed by atoms with Crippen LogP contribution < -0.4 is 10.9 Å². The van der Waals surface area contributed by atoms with Crippen LogP contribution in [0, 0.1) is 21.4 Å². The fraction of sp³-hybridized carbons (Fsp3) is 0.125. The first-order chi connectivity index (χ1) is 12.8. The van der Waals surface area contributed by atoms with Crippen molar-refractivity contribution in [1.82, 2.24) is 4.57 Å². The van der Waals surface area contributed by atoms with E-state index in [1.165, 1.54) is 12.1 Å². The Hall–Kier alpha value is -3.71. The van der Waals surface area contributed by atoms with Crippen LogP contribution in [0.1, 0.15) is 15.9 Å². The molecule has 2 aromatic rings. The van der Waals surface area contributed by atoms with E-state index in [0.29, 0.717) is 0 Å². The molecule has 0 aliphatic rings. The van der Waals surface area contributed by atoms with Crippen molar-refractivity contribution in [3.8, 4) is 6.07 Å². The Labute approximate surface area is 156 Å². The normalized spacial score (nSPS) is 9.96. The Morgan fingerprint density at radius 3 is 2.70 bits per heavy atom. The van der Waals surface area contributed by atoms with Gasteiger partial charge in [0.2, 0.25) is 5.91 Å². The van der Waals surface area contributed by atoms with Gasteiger partial charge in [0.05, 0.1) is 17.6 Å². The average Bonchev–Trinajstić information content (AvgIpc) is 2.63. The van der Waals surface area contributed by atoms with E-state index < -0.39 is 34.6 Å². The molecule has 0 unspecified atom stereocenters. The van der Waals surface area contributed by atoms with E-state index in [0.717, 1.165) is 30.0 Å². The molecule has 138 valence electrons. The molecule has 1 amide bonds. The van der Waals surface area contributed by atoms with Crippen molar-refractivity contribution in [3.63, 3.8) is 0 Å². The van der Waals surface area contributed by atoms with Crippen molar-refractivity contribution < 1.29 is 19.2 Å². The third-order valence-electron chi connectivity index (χ3n) is 3.37. The molecule has 2 rings (SSSR count). The van der Waals surface area contributed by atoms with Gasteiger partial charge >= 0.3 is 5.97 Å². The second-order valence-corrected chi connectivity index (χ2v) is 5.58. The van der Waals surface area contributed by atoms with Gasteiger partial charge in [-0.3, -0.25) is 19.7 Å². The van der Waals surface area contributed by atoms with Gasteiger partial charge in [-0.2, -0.15) is 5.26 Å². The lowest BCUT2D eigenvalue weighted by molar-refractivity contribution is -0.383. The van der Waals surface area contributed by atoms with Crippen LogP contribution in [0.3, 0.4) is 0 Å². The van der Waals surface area contributed by atoms with E-state index in [4.69, 9.17) is 16.9 Å². The number of carbonyl (C=O) groups is 2. The van der Waals surface area contributed by atoms with E-state index in [-0.39, 0.29) is 21.8 Å². The van der Waals surface area contributed by atoms with Crippen LogP contribution in [0.5, 0.6) is 0 Å². The van der Waals surface area contributed by atoms with Gasteiger partial charge in [0.25, 0.3) is 11.2 Å². The van der Waals surface area contributed by atoms with E-state index in [1.54, 1.807) is 6.07 Å². The molecule has 0 bridgehead atoms. The second kappa shape index (κ2) is 8.11. The van der Waals surface area contributed by atoms with Crippen LogP contribution in [0.2, 0.25) is 5.02 Å². The van der Waals surface area contributed by atoms with Gasteiger partial charge in [-0.1, -0.05) is 11.6 Å². The summed E-state index contributed by atoms with van der Waals surface area (Å²) in [6, 6.07) is 6.34. The van der Waals surface area contributed by atoms with Gasteiger partial charge in [-0.25, -0.2) is 4.79 Å². The Kier molecular flexibility index (Phi) is 5.89. The summed E-state index contributed by atoms with van der Waals surface area (Å²) in [5.41, 5.74) is -1.80. The lowest BCUT2D eigenvalue weighted by Gasteiger charge is -2.10. The molecule has 0 spiro atoms. The highest BCUT2D eigenvalue weighted by Gasteiger charge is 2.18. The summed E-state index contributed by atoms with van der Waals surface area (Å²) in [7, 11) is 1.12. The van der Waals surface area contributed by atoms with Crippen molar-refractivity contribution in [2.24, 2.45) is 0 Å². The summed E-state index contributed by atoms with van der Waals surface area (Å²) in [5, 5.41) is 22.5. The Balaban J connectivity index is 2.34. The fourth-order valence-corrected chi connectivity index (χ4v) is 2.34. The maximum atomic E-state index is 12.2. The largest absolute Gasteiger partial charge is 0.465 e. The molecule has 0 aliphatic heterocycles. The van der Waals surface area contributed by atoms with Crippen LogP contribution in [0.25, 0.3) is 0 Å². The van der Waals surface area contributed by atoms with Crippen molar-refractivity contribution in [1.29, 1.82) is 5.26 Å². The van der Waals surface area contributed by atoms with Crippen molar-refractivity contribution >= 4 is 34.9 Å². The molecule has 0 atom stereocenters. The molecule has 0 aliphatic carbocycles. The predicted molar refractivity (Wildman–Crippen MR) is 93.5 cm³/mol. The number of methoxy groups -OCH3 is 1.